The van der Waals surface area contributed by atoms with Crippen molar-refractivity contribution in [3.8, 4) is 0 Å². The number of amides is 1. The van der Waals surface area contributed by atoms with Gasteiger partial charge in [-0.1, -0.05) is 59.9 Å². The second-order valence-electron chi connectivity index (χ2n) is 8.20. The Labute approximate surface area is 192 Å². The molecule has 0 radical (unpaired) electrons. The maximum Gasteiger partial charge on any atom is 0.255 e. The van der Waals surface area contributed by atoms with Crippen molar-refractivity contribution in [3.63, 3.8) is 0 Å². The first-order valence-electron chi connectivity index (χ1n) is 11.0. The summed E-state index contributed by atoms with van der Waals surface area (Å²) in [7, 11) is 0. The molecule has 5 rings (SSSR count). The molecule has 1 fully saturated rings. The predicted octanol–water partition coefficient (Wildman–Crippen LogP) is 5.63. The van der Waals surface area contributed by atoms with E-state index in [1.165, 1.54) is 5.56 Å². The number of thiazole rings is 1. The van der Waals surface area contributed by atoms with Crippen LogP contribution in [0, 0.1) is 0 Å². The summed E-state index contributed by atoms with van der Waals surface area (Å²) in [6.07, 6.45) is 2.21. The van der Waals surface area contributed by atoms with Gasteiger partial charge in [0.25, 0.3) is 5.91 Å². The molecule has 0 bridgehead atoms. The number of nitrogens with one attached hydrogen (secondary N) is 2. The van der Waals surface area contributed by atoms with E-state index in [0.29, 0.717) is 11.6 Å². The summed E-state index contributed by atoms with van der Waals surface area (Å²) >= 11 is 1.62. The van der Waals surface area contributed by atoms with Crippen LogP contribution >= 0.6 is 11.3 Å². The molecule has 2 heterocycles. The fourth-order valence-corrected chi connectivity index (χ4v) is 5.09. The van der Waals surface area contributed by atoms with Gasteiger partial charge in [-0.05, 0) is 48.7 Å². The number of hydrogen-bond donors (Lipinski definition) is 2. The van der Waals surface area contributed by atoms with E-state index in [-0.39, 0.29) is 5.91 Å². The molecule has 0 spiro atoms. The van der Waals surface area contributed by atoms with Crippen molar-refractivity contribution in [1.29, 1.82) is 0 Å². The van der Waals surface area contributed by atoms with Crippen molar-refractivity contribution in [1.82, 2.24) is 9.88 Å². The average molecular weight is 443 g/mol. The van der Waals surface area contributed by atoms with Crippen LogP contribution in [0.5, 0.6) is 0 Å². The zero-order valence-corrected chi connectivity index (χ0v) is 18.6. The van der Waals surface area contributed by atoms with E-state index < -0.39 is 0 Å². The largest absolute Gasteiger partial charge is 0.359 e. The molecule has 1 aromatic heterocycles. The summed E-state index contributed by atoms with van der Waals surface area (Å²) in [5.41, 5.74) is 3.74. The Hall–Kier alpha value is -3.22. The van der Waals surface area contributed by atoms with Gasteiger partial charge in [-0.25, -0.2) is 4.98 Å². The van der Waals surface area contributed by atoms with Gasteiger partial charge in [-0.2, -0.15) is 0 Å². The lowest BCUT2D eigenvalue weighted by Crippen LogP contribution is -2.38. The summed E-state index contributed by atoms with van der Waals surface area (Å²) in [6.45, 7) is 3.19. The number of aromatic nitrogens is 1. The number of benzene rings is 3. The monoisotopic (exact) mass is 442 g/mol. The minimum absolute atomic E-state index is 0.105. The van der Waals surface area contributed by atoms with Gasteiger partial charge in [-0.15, -0.1) is 0 Å². The molecular weight excluding hydrogens is 416 g/mol. The number of nitrogens with zero attached hydrogens (tertiary/aromatic N) is 2. The SMILES string of the molecule is O=C(Nc1ccccc1)c1ccc2nc(NC3CCN(Cc4ccccc4)CC3)sc2c1. The first-order valence-corrected chi connectivity index (χ1v) is 11.8. The van der Waals surface area contributed by atoms with Crippen molar-refractivity contribution < 1.29 is 4.79 Å². The highest BCUT2D eigenvalue weighted by Gasteiger charge is 2.20. The van der Waals surface area contributed by atoms with E-state index in [4.69, 9.17) is 4.98 Å². The van der Waals surface area contributed by atoms with E-state index in [1.807, 2.05) is 48.5 Å². The third-order valence-electron chi connectivity index (χ3n) is 5.85. The summed E-state index contributed by atoms with van der Waals surface area (Å²) < 4.78 is 1.02. The first-order chi connectivity index (χ1) is 15.7. The van der Waals surface area contributed by atoms with Crippen LogP contribution in [0.1, 0.15) is 28.8 Å². The summed E-state index contributed by atoms with van der Waals surface area (Å²) in [5.74, 6) is -0.105. The van der Waals surface area contributed by atoms with Crippen LogP contribution in [0.3, 0.4) is 0 Å². The summed E-state index contributed by atoms with van der Waals surface area (Å²) in [6, 6.07) is 26.3. The topological polar surface area (TPSA) is 57.3 Å². The van der Waals surface area contributed by atoms with Gasteiger partial charge in [-0.3, -0.25) is 9.69 Å². The molecule has 1 aliphatic rings. The van der Waals surface area contributed by atoms with Crippen molar-refractivity contribution in [3.05, 3.63) is 90.0 Å². The lowest BCUT2D eigenvalue weighted by molar-refractivity contribution is 0.102. The van der Waals surface area contributed by atoms with Gasteiger partial charge in [0.05, 0.1) is 10.2 Å². The highest BCUT2D eigenvalue weighted by atomic mass is 32.1. The van der Waals surface area contributed by atoms with E-state index in [9.17, 15) is 4.79 Å². The molecule has 5 nitrogen and oxygen atoms in total. The van der Waals surface area contributed by atoms with E-state index in [0.717, 1.165) is 53.5 Å². The number of carbonyl (C=O) groups excluding carboxylic acids is 1. The number of piperidine rings is 1. The molecule has 4 aromatic rings. The van der Waals surface area contributed by atoms with E-state index in [1.54, 1.807) is 11.3 Å². The lowest BCUT2D eigenvalue weighted by Gasteiger charge is -2.32. The van der Waals surface area contributed by atoms with Crippen molar-refractivity contribution in [2.45, 2.75) is 25.4 Å². The highest BCUT2D eigenvalue weighted by molar-refractivity contribution is 7.22. The second kappa shape index (κ2) is 9.51. The van der Waals surface area contributed by atoms with Gasteiger partial charge in [0.1, 0.15) is 0 Å². The third kappa shape index (κ3) is 4.98. The van der Waals surface area contributed by atoms with Gasteiger partial charge in [0.2, 0.25) is 0 Å². The van der Waals surface area contributed by atoms with Crippen LogP contribution < -0.4 is 10.6 Å². The molecule has 0 atom stereocenters. The Morgan fingerprint density at radius 3 is 2.44 bits per heavy atom. The number of carbonyl (C=O) groups is 1. The fraction of sp³-hybridized carbons (Fsp3) is 0.231. The van der Waals surface area contributed by atoms with Crippen LogP contribution in [-0.2, 0) is 6.54 Å². The number of anilines is 2. The first kappa shape index (κ1) is 20.7. The number of likely N-dealkylation sites (tertiary alicyclic amines) is 1. The molecule has 1 aliphatic heterocycles. The van der Waals surface area contributed by atoms with E-state index >= 15 is 0 Å². The molecule has 1 amide bonds. The molecule has 0 saturated carbocycles. The van der Waals surface area contributed by atoms with Gasteiger partial charge in [0.15, 0.2) is 5.13 Å². The molecule has 1 saturated heterocycles. The molecular formula is C26H26N4OS. The Bertz CT molecular complexity index is 1180. The van der Waals surface area contributed by atoms with Gasteiger partial charge >= 0.3 is 0 Å². The van der Waals surface area contributed by atoms with Crippen LogP contribution in [0.2, 0.25) is 0 Å². The second-order valence-corrected chi connectivity index (χ2v) is 9.23. The molecule has 162 valence electrons. The van der Waals surface area contributed by atoms with Crippen molar-refractivity contribution in [2.24, 2.45) is 0 Å². The zero-order chi connectivity index (χ0) is 21.8. The summed E-state index contributed by atoms with van der Waals surface area (Å²) in [5, 5.41) is 7.50. The molecule has 3 aromatic carbocycles. The number of hydrogen-bond acceptors (Lipinski definition) is 5. The van der Waals surface area contributed by atoms with Gasteiger partial charge in [0, 0.05) is 36.9 Å². The third-order valence-corrected chi connectivity index (χ3v) is 6.80. The van der Waals surface area contributed by atoms with Crippen LogP contribution in [0.4, 0.5) is 10.8 Å². The standard InChI is InChI=1S/C26H26N4OS/c31-25(27-21-9-5-2-6-10-21)20-11-12-23-24(17-20)32-26(29-23)28-22-13-15-30(16-14-22)18-19-7-3-1-4-8-19/h1-12,17,22H,13-16,18H2,(H,27,31)(H,28,29). The molecule has 32 heavy (non-hydrogen) atoms. The maximum absolute atomic E-state index is 12.6. The fourth-order valence-electron chi connectivity index (χ4n) is 4.10. The molecule has 0 unspecified atom stereocenters. The molecule has 2 N–H and O–H groups in total. The number of fused-ring (bicyclic) bond motifs is 1. The van der Waals surface area contributed by atoms with E-state index in [2.05, 4.69) is 45.9 Å². The maximum atomic E-state index is 12.6. The van der Waals surface area contributed by atoms with Gasteiger partial charge < -0.3 is 10.6 Å². The van der Waals surface area contributed by atoms with Crippen molar-refractivity contribution >= 4 is 38.3 Å². The zero-order valence-electron chi connectivity index (χ0n) is 17.8. The quantitative estimate of drug-likeness (QED) is 0.407. The lowest BCUT2D eigenvalue weighted by atomic mass is 10.0. The Kier molecular flexibility index (Phi) is 6.14. The van der Waals surface area contributed by atoms with Crippen LogP contribution in [0.25, 0.3) is 10.2 Å². The van der Waals surface area contributed by atoms with Crippen molar-refractivity contribution in [2.75, 3.05) is 23.7 Å². The highest BCUT2D eigenvalue weighted by Crippen LogP contribution is 2.29. The minimum atomic E-state index is -0.105. The summed E-state index contributed by atoms with van der Waals surface area (Å²) in [4.78, 5) is 19.9. The molecule has 0 aliphatic carbocycles. The predicted molar refractivity (Wildman–Crippen MR) is 132 cm³/mol. The smallest absolute Gasteiger partial charge is 0.255 e. The Morgan fingerprint density at radius 2 is 1.69 bits per heavy atom. The Morgan fingerprint density at radius 1 is 0.969 bits per heavy atom. The number of rotatable bonds is 6. The average Bonchev–Trinajstić information content (AvgIpc) is 3.23. The normalized spacial score (nSPS) is 15.0. The number of para-hydroxylation sites is 1. The Balaban J connectivity index is 1.19. The molecule has 6 heteroatoms. The minimum Gasteiger partial charge on any atom is -0.359 e. The van der Waals surface area contributed by atoms with Crippen LogP contribution in [0.15, 0.2) is 78.9 Å². The van der Waals surface area contributed by atoms with Crippen LogP contribution in [-0.4, -0.2) is 34.9 Å².